The molecule has 1 aliphatic rings. The van der Waals surface area contributed by atoms with Gasteiger partial charge in [0.1, 0.15) is 11.2 Å². The van der Waals surface area contributed by atoms with E-state index in [0.717, 1.165) is 28.8 Å². The Kier molecular flexibility index (Phi) is 3.61. The fourth-order valence-electron chi connectivity index (χ4n) is 4.28. The lowest BCUT2D eigenvalue weighted by Gasteiger charge is -2.29. The molecule has 2 nitrogen and oxygen atoms in total. The third-order valence-corrected chi connectivity index (χ3v) is 7.87. The number of rotatable bonds is 2. The molecular formula is C23H27NOSi. The molecule has 0 atom stereocenters. The SMILES string of the molecule is C=C/C=C1/Cc2ncc(C)c3oc4c([Si](C)(C)C)ccc(c4c23)C1(C)C. The van der Waals surface area contributed by atoms with Crippen molar-refractivity contribution >= 4 is 35.2 Å². The second-order valence-electron chi connectivity index (χ2n) is 9.04. The highest BCUT2D eigenvalue weighted by atomic mass is 28.3. The van der Waals surface area contributed by atoms with Crippen LogP contribution in [0.4, 0.5) is 0 Å². The van der Waals surface area contributed by atoms with Gasteiger partial charge in [0.2, 0.25) is 0 Å². The van der Waals surface area contributed by atoms with Gasteiger partial charge >= 0.3 is 0 Å². The third kappa shape index (κ3) is 2.26. The molecule has 0 bridgehead atoms. The molecule has 2 heterocycles. The zero-order valence-corrected chi connectivity index (χ0v) is 17.7. The van der Waals surface area contributed by atoms with Crippen molar-refractivity contribution in [2.45, 2.75) is 52.2 Å². The van der Waals surface area contributed by atoms with E-state index in [-0.39, 0.29) is 5.41 Å². The van der Waals surface area contributed by atoms with E-state index in [1.807, 2.05) is 12.3 Å². The van der Waals surface area contributed by atoms with Crippen molar-refractivity contribution in [1.82, 2.24) is 4.98 Å². The van der Waals surface area contributed by atoms with Crippen molar-refractivity contribution < 1.29 is 4.42 Å². The van der Waals surface area contributed by atoms with Crippen molar-refractivity contribution in [3.63, 3.8) is 0 Å². The fraction of sp³-hybridized carbons (Fsp3) is 0.348. The normalized spacial score (nSPS) is 18.0. The molecule has 2 aromatic heterocycles. The van der Waals surface area contributed by atoms with Crippen LogP contribution < -0.4 is 5.19 Å². The Balaban J connectivity index is 2.27. The van der Waals surface area contributed by atoms with Gasteiger partial charge in [-0.05, 0) is 17.7 Å². The Labute approximate surface area is 156 Å². The molecule has 0 unspecified atom stereocenters. The highest BCUT2D eigenvalue weighted by Crippen LogP contribution is 2.46. The maximum Gasteiger partial charge on any atom is 0.141 e. The lowest BCUT2D eigenvalue weighted by Crippen LogP contribution is -2.38. The molecule has 0 fully saturated rings. The van der Waals surface area contributed by atoms with Crippen LogP contribution in [-0.2, 0) is 11.8 Å². The number of furan rings is 1. The first kappa shape index (κ1) is 17.3. The van der Waals surface area contributed by atoms with E-state index in [0.29, 0.717) is 0 Å². The van der Waals surface area contributed by atoms with E-state index < -0.39 is 8.07 Å². The Morgan fingerprint density at radius 2 is 1.88 bits per heavy atom. The molecule has 0 spiro atoms. The molecule has 0 aliphatic heterocycles. The van der Waals surface area contributed by atoms with Gasteiger partial charge in [-0.25, -0.2) is 0 Å². The van der Waals surface area contributed by atoms with Gasteiger partial charge in [0.15, 0.2) is 0 Å². The van der Waals surface area contributed by atoms with Crippen LogP contribution in [0.25, 0.3) is 21.9 Å². The first-order valence-electron chi connectivity index (χ1n) is 9.33. The number of hydrogen-bond donors (Lipinski definition) is 0. The van der Waals surface area contributed by atoms with Crippen LogP contribution in [0, 0.1) is 6.92 Å². The summed E-state index contributed by atoms with van der Waals surface area (Å²) in [7, 11) is -1.53. The Bertz CT molecular complexity index is 1090. The summed E-state index contributed by atoms with van der Waals surface area (Å²) in [6.07, 6.45) is 6.85. The monoisotopic (exact) mass is 361 g/mol. The van der Waals surface area contributed by atoms with E-state index in [4.69, 9.17) is 9.40 Å². The van der Waals surface area contributed by atoms with E-state index in [1.165, 1.54) is 27.1 Å². The Morgan fingerprint density at radius 1 is 1.15 bits per heavy atom. The molecular weight excluding hydrogens is 334 g/mol. The number of pyridine rings is 1. The minimum atomic E-state index is -1.53. The molecule has 1 aliphatic carbocycles. The molecule has 0 saturated carbocycles. The summed E-state index contributed by atoms with van der Waals surface area (Å²) in [4.78, 5) is 4.82. The van der Waals surface area contributed by atoms with Crippen LogP contribution in [-0.4, -0.2) is 13.1 Å². The van der Waals surface area contributed by atoms with Crippen LogP contribution in [0.5, 0.6) is 0 Å². The van der Waals surface area contributed by atoms with Crippen molar-refractivity contribution in [3.8, 4) is 0 Å². The number of aryl methyl sites for hydroxylation is 1. The van der Waals surface area contributed by atoms with Gasteiger partial charge in [-0.3, -0.25) is 4.98 Å². The lowest BCUT2D eigenvalue weighted by atomic mass is 9.76. The van der Waals surface area contributed by atoms with E-state index >= 15 is 0 Å². The average molecular weight is 362 g/mol. The number of nitrogens with zero attached hydrogens (tertiary/aromatic N) is 1. The second-order valence-corrected chi connectivity index (χ2v) is 14.1. The van der Waals surface area contributed by atoms with Crippen LogP contribution >= 0.6 is 0 Å². The van der Waals surface area contributed by atoms with E-state index in [9.17, 15) is 0 Å². The summed E-state index contributed by atoms with van der Waals surface area (Å²) in [5, 5.41) is 3.89. The van der Waals surface area contributed by atoms with Gasteiger partial charge in [-0.1, -0.05) is 69.9 Å². The quantitative estimate of drug-likeness (QED) is 0.541. The maximum absolute atomic E-state index is 6.54. The molecule has 0 amide bonds. The summed E-state index contributed by atoms with van der Waals surface area (Å²) < 4.78 is 6.54. The third-order valence-electron chi connectivity index (χ3n) is 5.86. The maximum atomic E-state index is 6.54. The highest BCUT2D eigenvalue weighted by Gasteiger charge is 2.35. The van der Waals surface area contributed by atoms with Crippen molar-refractivity contribution in [2.24, 2.45) is 0 Å². The summed E-state index contributed by atoms with van der Waals surface area (Å²) in [6, 6.07) is 4.65. The molecule has 3 heteroatoms. The van der Waals surface area contributed by atoms with Crippen LogP contribution in [0.3, 0.4) is 0 Å². The first-order valence-corrected chi connectivity index (χ1v) is 12.8. The number of allylic oxidation sites excluding steroid dienone is 3. The lowest BCUT2D eigenvalue weighted by molar-refractivity contribution is 0.609. The average Bonchev–Trinajstić information content (AvgIpc) is 2.92. The second kappa shape index (κ2) is 5.43. The topological polar surface area (TPSA) is 26.0 Å². The van der Waals surface area contributed by atoms with Crippen molar-refractivity contribution in [2.75, 3.05) is 0 Å². The van der Waals surface area contributed by atoms with Gasteiger partial charge in [-0.2, -0.15) is 0 Å². The molecule has 0 saturated heterocycles. The van der Waals surface area contributed by atoms with Crippen LogP contribution in [0.2, 0.25) is 19.6 Å². The number of aromatic nitrogens is 1. The minimum absolute atomic E-state index is 0.0875. The fourth-order valence-corrected chi connectivity index (χ4v) is 5.72. The first-order chi connectivity index (χ1) is 12.2. The molecule has 26 heavy (non-hydrogen) atoms. The molecule has 134 valence electrons. The van der Waals surface area contributed by atoms with E-state index in [2.05, 4.69) is 65.2 Å². The molecule has 1 aromatic carbocycles. The summed E-state index contributed by atoms with van der Waals surface area (Å²) in [5.74, 6) is 0. The molecule has 0 radical (unpaired) electrons. The van der Waals surface area contributed by atoms with Crippen molar-refractivity contribution in [3.05, 3.63) is 59.5 Å². The largest absolute Gasteiger partial charge is 0.456 e. The molecule has 3 aromatic rings. The Morgan fingerprint density at radius 3 is 2.54 bits per heavy atom. The van der Waals surface area contributed by atoms with E-state index in [1.54, 1.807) is 0 Å². The van der Waals surface area contributed by atoms with Crippen LogP contribution in [0.1, 0.15) is 30.7 Å². The highest BCUT2D eigenvalue weighted by molar-refractivity contribution is 6.90. The van der Waals surface area contributed by atoms with Crippen LogP contribution in [0.15, 0.2) is 47.1 Å². The van der Waals surface area contributed by atoms with Gasteiger partial charge in [0, 0.05) is 29.0 Å². The summed E-state index contributed by atoms with van der Waals surface area (Å²) in [6.45, 7) is 17.8. The van der Waals surface area contributed by atoms with Gasteiger partial charge in [-0.15, -0.1) is 0 Å². The Hall–Kier alpha value is -2.13. The molecule has 0 N–H and O–H groups in total. The van der Waals surface area contributed by atoms with Gasteiger partial charge in [0.05, 0.1) is 19.2 Å². The predicted octanol–water partition coefficient (Wildman–Crippen LogP) is 5.78. The standard InChI is InChI=1S/C23H27NOSi/c1-8-9-15-12-17-20-19-16(23(15,3)4)10-11-18(26(5,6)7)22(19)25-21(20)14(2)13-24-17/h8-11,13H,1,12H2,2-7H3/b15-9-. The number of benzene rings is 1. The minimum Gasteiger partial charge on any atom is -0.456 e. The van der Waals surface area contributed by atoms with Gasteiger partial charge in [0.25, 0.3) is 0 Å². The predicted molar refractivity (Wildman–Crippen MR) is 114 cm³/mol. The molecule has 4 rings (SSSR count). The zero-order valence-electron chi connectivity index (χ0n) is 16.7. The summed E-state index contributed by atoms with van der Waals surface area (Å²) >= 11 is 0. The summed E-state index contributed by atoms with van der Waals surface area (Å²) in [5.41, 5.74) is 6.93. The van der Waals surface area contributed by atoms with Crippen molar-refractivity contribution in [1.29, 1.82) is 0 Å². The van der Waals surface area contributed by atoms with Gasteiger partial charge < -0.3 is 4.42 Å². The smallest absolute Gasteiger partial charge is 0.141 e. The zero-order chi connectivity index (χ0) is 18.9. The number of hydrogen-bond acceptors (Lipinski definition) is 2.